The van der Waals surface area contributed by atoms with Crippen LogP contribution in [-0.4, -0.2) is 28.4 Å². The normalized spacial score (nSPS) is 10.9. The molecule has 2 heterocycles. The summed E-state index contributed by atoms with van der Waals surface area (Å²) in [5.74, 6) is -0.0476. The van der Waals surface area contributed by atoms with Gasteiger partial charge in [-0.25, -0.2) is 0 Å². The number of aromatic nitrogens is 1. The first-order chi connectivity index (χ1) is 9.06. The highest BCUT2D eigenvalue weighted by Gasteiger charge is 2.23. The van der Waals surface area contributed by atoms with Crippen molar-refractivity contribution in [3.05, 3.63) is 36.0 Å². The Morgan fingerprint density at radius 2 is 2.37 bits per heavy atom. The number of hydrogen-bond donors (Lipinski definition) is 1. The molecule has 0 bridgehead atoms. The summed E-state index contributed by atoms with van der Waals surface area (Å²) in [5.41, 5.74) is 6.63. The molecule has 0 aliphatic carbocycles. The molecule has 2 aromatic heterocycles. The zero-order chi connectivity index (χ0) is 14.0. The van der Waals surface area contributed by atoms with E-state index >= 15 is 0 Å². The number of amides is 1. The highest BCUT2D eigenvalue weighted by Crippen LogP contribution is 2.33. The summed E-state index contributed by atoms with van der Waals surface area (Å²) >= 11 is 1.39. The van der Waals surface area contributed by atoms with Crippen molar-refractivity contribution in [2.45, 2.75) is 19.9 Å². The number of anilines is 1. The number of nitrogen functional groups attached to an aromatic ring is 1. The largest absolute Gasteiger partial charge is 0.397 e. The maximum Gasteiger partial charge on any atom is 0.266 e. The molecule has 100 valence electrons. The van der Waals surface area contributed by atoms with Crippen LogP contribution >= 0.6 is 11.3 Å². The second-order valence-corrected chi connectivity index (χ2v) is 5.61. The lowest BCUT2D eigenvalue weighted by molar-refractivity contribution is 0.0735. The summed E-state index contributed by atoms with van der Waals surface area (Å²) in [6.45, 7) is 8.17. The summed E-state index contributed by atoms with van der Waals surface area (Å²) < 4.78 is 0.936. The Morgan fingerprint density at radius 3 is 2.95 bits per heavy atom. The van der Waals surface area contributed by atoms with Crippen molar-refractivity contribution < 1.29 is 4.79 Å². The summed E-state index contributed by atoms with van der Waals surface area (Å²) in [7, 11) is 0. The van der Waals surface area contributed by atoms with E-state index in [1.807, 2.05) is 19.9 Å². The molecule has 2 aromatic rings. The van der Waals surface area contributed by atoms with Crippen LogP contribution in [-0.2, 0) is 0 Å². The smallest absolute Gasteiger partial charge is 0.266 e. The number of nitrogens with zero attached hydrogens (tertiary/aromatic N) is 2. The Balaban J connectivity index is 2.45. The Hall–Kier alpha value is -1.88. The third-order valence-electron chi connectivity index (χ3n) is 2.94. The lowest BCUT2D eigenvalue weighted by Gasteiger charge is -2.24. The minimum atomic E-state index is -0.0476. The quantitative estimate of drug-likeness (QED) is 0.873. The second kappa shape index (κ2) is 5.40. The van der Waals surface area contributed by atoms with Crippen LogP contribution < -0.4 is 5.73 Å². The van der Waals surface area contributed by atoms with Crippen molar-refractivity contribution >= 4 is 33.0 Å². The number of nitrogens with two attached hydrogens (primary N) is 1. The number of pyridine rings is 1. The molecule has 0 spiro atoms. The van der Waals surface area contributed by atoms with Gasteiger partial charge in [0.15, 0.2) is 0 Å². The van der Waals surface area contributed by atoms with E-state index in [0.717, 1.165) is 10.1 Å². The minimum Gasteiger partial charge on any atom is -0.397 e. The molecular formula is C14H17N3OS. The number of hydrogen-bond acceptors (Lipinski definition) is 4. The molecule has 0 fully saturated rings. The minimum absolute atomic E-state index is 0.0476. The van der Waals surface area contributed by atoms with E-state index in [4.69, 9.17) is 5.73 Å². The molecule has 4 nitrogen and oxygen atoms in total. The van der Waals surface area contributed by atoms with Gasteiger partial charge in [-0.1, -0.05) is 6.08 Å². The number of rotatable bonds is 4. The van der Waals surface area contributed by atoms with Gasteiger partial charge in [-0.15, -0.1) is 17.9 Å². The SMILES string of the molecule is C=CCN(C(=O)c1sc2cnccc2c1N)C(C)C. The van der Waals surface area contributed by atoms with Crippen molar-refractivity contribution in [3.8, 4) is 0 Å². The fraction of sp³-hybridized carbons (Fsp3) is 0.286. The van der Waals surface area contributed by atoms with E-state index in [1.165, 1.54) is 11.3 Å². The lowest BCUT2D eigenvalue weighted by Crippen LogP contribution is -2.36. The molecule has 2 N–H and O–H groups in total. The summed E-state index contributed by atoms with van der Waals surface area (Å²) in [6, 6.07) is 1.94. The number of carbonyl (C=O) groups excluding carboxylic acids is 1. The van der Waals surface area contributed by atoms with E-state index in [-0.39, 0.29) is 11.9 Å². The third kappa shape index (κ3) is 2.46. The maximum atomic E-state index is 12.6. The Bertz CT molecular complexity index is 618. The average Bonchev–Trinajstić information content (AvgIpc) is 2.73. The number of fused-ring (bicyclic) bond motifs is 1. The Morgan fingerprint density at radius 1 is 1.63 bits per heavy atom. The van der Waals surface area contributed by atoms with E-state index in [1.54, 1.807) is 23.4 Å². The monoisotopic (exact) mass is 275 g/mol. The van der Waals surface area contributed by atoms with Gasteiger partial charge in [0.1, 0.15) is 4.88 Å². The van der Waals surface area contributed by atoms with Crippen LogP contribution in [0, 0.1) is 0 Å². The zero-order valence-electron chi connectivity index (χ0n) is 11.1. The number of carbonyl (C=O) groups is 1. The van der Waals surface area contributed by atoms with Gasteiger partial charge in [-0.2, -0.15) is 0 Å². The van der Waals surface area contributed by atoms with Gasteiger partial charge in [-0.3, -0.25) is 9.78 Å². The molecule has 0 aliphatic heterocycles. The van der Waals surface area contributed by atoms with Crippen LogP contribution in [0.15, 0.2) is 31.1 Å². The third-order valence-corrected chi connectivity index (χ3v) is 4.08. The first kappa shape index (κ1) is 13.5. The Kier molecular flexibility index (Phi) is 3.85. The van der Waals surface area contributed by atoms with E-state index in [0.29, 0.717) is 17.1 Å². The fourth-order valence-electron chi connectivity index (χ4n) is 1.93. The number of thiophene rings is 1. The first-order valence-corrected chi connectivity index (χ1v) is 6.91. The topological polar surface area (TPSA) is 59.2 Å². The molecule has 19 heavy (non-hydrogen) atoms. The molecule has 0 aliphatic rings. The molecule has 5 heteroatoms. The predicted octanol–water partition coefficient (Wildman–Crippen LogP) is 2.92. The van der Waals surface area contributed by atoms with Gasteiger partial charge in [-0.05, 0) is 19.9 Å². The van der Waals surface area contributed by atoms with Crippen LogP contribution in [0.2, 0.25) is 0 Å². The van der Waals surface area contributed by atoms with Gasteiger partial charge >= 0.3 is 0 Å². The van der Waals surface area contributed by atoms with Gasteiger partial charge < -0.3 is 10.6 Å². The molecule has 0 unspecified atom stereocenters. The second-order valence-electron chi connectivity index (χ2n) is 4.56. The van der Waals surface area contributed by atoms with Crippen LogP contribution in [0.1, 0.15) is 23.5 Å². The predicted molar refractivity (Wildman–Crippen MR) is 80.4 cm³/mol. The maximum absolute atomic E-state index is 12.6. The van der Waals surface area contributed by atoms with Gasteiger partial charge in [0.2, 0.25) is 0 Å². The van der Waals surface area contributed by atoms with E-state index in [9.17, 15) is 4.79 Å². The molecule has 0 radical (unpaired) electrons. The van der Waals surface area contributed by atoms with E-state index < -0.39 is 0 Å². The standard InChI is InChI=1S/C14H17N3OS/c1-4-7-17(9(2)3)14(18)13-12(15)10-5-6-16-8-11(10)19-13/h4-6,8-9H,1,7,15H2,2-3H3. The van der Waals surface area contributed by atoms with Gasteiger partial charge in [0.05, 0.1) is 10.4 Å². The van der Waals surface area contributed by atoms with Crippen molar-refractivity contribution in [1.82, 2.24) is 9.88 Å². The summed E-state index contributed by atoms with van der Waals surface area (Å²) in [5, 5.41) is 0.894. The Labute approximate surface area is 116 Å². The van der Waals surface area contributed by atoms with Gasteiger partial charge in [0, 0.05) is 30.4 Å². The lowest BCUT2D eigenvalue weighted by atomic mass is 10.2. The molecule has 0 aromatic carbocycles. The van der Waals surface area contributed by atoms with Crippen LogP contribution in [0.25, 0.3) is 10.1 Å². The molecule has 0 saturated heterocycles. The fourth-order valence-corrected chi connectivity index (χ4v) is 2.97. The zero-order valence-corrected chi connectivity index (χ0v) is 11.9. The van der Waals surface area contributed by atoms with Crippen LogP contribution in [0.5, 0.6) is 0 Å². The molecule has 0 saturated carbocycles. The van der Waals surface area contributed by atoms with Crippen molar-refractivity contribution in [2.24, 2.45) is 0 Å². The van der Waals surface area contributed by atoms with Crippen molar-refractivity contribution in [1.29, 1.82) is 0 Å². The van der Waals surface area contributed by atoms with E-state index in [2.05, 4.69) is 11.6 Å². The van der Waals surface area contributed by atoms with Crippen LogP contribution in [0.3, 0.4) is 0 Å². The van der Waals surface area contributed by atoms with Crippen LogP contribution in [0.4, 0.5) is 5.69 Å². The highest BCUT2D eigenvalue weighted by molar-refractivity contribution is 7.21. The molecule has 2 rings (SSSR count). The average molecular weight is 275 g/mol. The van der Waals surface area contributed by atoms with Crippen molar-refractivity contribution in [3.63, 3.8) is 0 Å². The van der Waals surface area contributed by atoms with Gasteiger partial charge in [0.25, 0.3) is 5.91 Å². The molecular weight excluding hydrogens is 258 g/mol. The molecule has 1 amide bonds. The highest BCUT2D eigenvalue weighted by atomic mass is 32.1. The summed E-state index contributed by atoms with van der Waals surface area (Å²) in [6.07, 6.45) is 5.15. The van der Waals surface area contributed by atoms with Crippen molar-refractivity contribution in [2.75, 3.05) is 12.3 Å². The molecule has 0 atom stereocenters. The summed E-state index contributed by atoms with van der Waals surface area (Å²) in [4.78, 5) is 18.9. The first-order valence-electron chi connectivity index (χ1n) is 6.10.